The molecular formula is C18H26N2O2. The molecule has 4 fully saturated rings. The number of hydrogen-bond donors (Lipinski definition) is 0. The van der Waals surface area contributed by atoms with Crippen molar-refractivity contribution in [3.63, 3.8) is 0 Å². The van der Waals surface area contributed by atoms with E-state index in [2.05, 4.69) is 15.9 Å². The maximum atomic E-state index is 12.8. The summed E-state index contributed by atoms with van der Waals surface area (Å²) in [6.07, 6.45) is 6.23. The Labute approximate surface area is 132 Å². The maximum absolute atomic E-state index is 12.8. The molecular weight excluding hydrogens is 276 g/mol. The fourth-order valence-corrected chi connectivity index (χ4v) is 4.24. The first kappa shape index (κ1) is 14.3. The van der Waals surface area contributed by atoms with Gasteiger partial charge >= 0.3 is 0 Å². The number of rotatable bonds is 4. The van der Waals surface area contributed by atoms with E-state index in [1.165, 1.54) is 25.7 Å². The molecule has 1 aliphatic carbocycles. The average molecular weight is 302 g/mol. The van der Waals surface area contributed by atoms with Gasteiger partial charge in [-0.15, -0.1) is 0 Å². The van der Waals surface area contributed by atoms with Gasteiger partial charge < -0.3 is 9.32 Å². The van der Waals surface area contributed by atoms with Gasteiger partial charge in [-0.3, -0.25) is 9.69 Å². The van der Waals surface area contributed by atoms with Crippen LogP contribution in [-0.4, -0.2) is 41.4 Å². The minimum Gasteiger partial charge on any atom is -0.465 e. The third-order valence-electron chi connectivity index (χ3n) is 5.72. The molecule has 1 saturated carbocycles. The third-order valence-corrected chi connectivity index (χ3v) is 5.72. The Balaban J connectivity index is 1.46. The van der Waals surface area contributed by atoms with Gasteiger partial charge in [0.05, 0.1) is 12.5 Å². The van der Waals surface area contributed by atoms with Gasteiger partial charge in [-0.25, -0.2) is 0 Å². The molecule has 22 heavy (non-hydrogen) atoms. The summed E-state index contributed by atoms with van der Waals surface area (Å²) in [5.74, 6) is 3.38. The molecule has 4 nitrogen and oxygen atoms in total. The number of furan rings is 1. The second-order valence-corrected chi connectivity index (χ2v) is 7.42. The molecule has 5 rings (SSSR count). The number of piperidine rings is 1. The van der Waals surface area contributed by atoms with Crippen LogP contribution in [0.5, 0.6) is 0 Å². The second-order valence-electron chi connectivity index (χ2n) is 7.42. The van der Waals surface area contributed by atoms with Gasteiger partial charge in [0.25, 0.3) is 0 Å². The molecule has 0 unspecified atom stereocenters. The van der Waals surface area contributed by atoms with Crippen molar-refractivity contribution in [3.8, 4) is 0 Å². The SMILES string of the molecule is Cc1ccc(CN2C[C@H]3CC[C@@H](C2)N(CC2CCC2)C3=O)o1. The van der Waals surface area contributed by atoms with Crippen LogP contribution in [-0.2, 0) is 11.3 Å². The van der Waals surface area contributed by atoms with Crippen molar-refractivity contribution < 1.29 is 9.21 Å². The molecule has 4 heterocycles. The summed E-state index contributed by atoms with van der Waals surface area (Å²) in [5, 5.41) is 0. The summed E-state index contributed by atoms with van der Waals surface area (Å²) >= 11 is 0. The zero-order valence-corrected chi connectivity index (χ0v) is 13.5. The van der Waals surface area contributed by atoms with Gasteiger partial charge in [0.15, 0.2) is 0 Å². The van der Waals surface area contributed by atoms with Crippen LogP contribution >= 0.6 is 0 Å². The Morgan fingerprint density at radius 2 is 2.05 bits per heavy atom. The molecule has 0 spiro atoms. The number of nitrogens with zero attached hydrogens (tertiary/aromatic N) is 2. The summed E-state index contributed by atoms with van der Waals surface area (Å²) in [7, 11) is 0. The maximum Gasteiger partial charge on any atom is 0.227 e. The number of hydrogen-bond acceptors (Lipinski definition) is 3. The zero-order valence-electron chi connectivity index (χ0n) is 13.5. The Morgan fingerprint density at radius 1 is 1.18 bits per heavy atom. The largest absolute Gasteiger partial charge is 0.465 e. The van der Waals surface area contributed by atoms with Crippen LogP contribution in [0.25, 0.3) is 0 Å². The number of amides is 1. The van der Waals surface area contributed by atoms with Crippen LogP contribution in [0.4, 0.5) is 0 Å². The smallest absolute Gasteiger partial charge is 0.227 e. The summed E-state index contributed by atoms with van der Waals surface area (Å²) in [4.78, 5) is 17.4. The lowest BCUT2D eigenvalue weighted by Gasteiger charge is -2.40. The van der Waals surface area contributed by atoms with Crippen molar-refractivity contribution in [1.82, 2.24) is 9.80 Å². The van der Waals surface area contributed by atoms with E-state index in [4.69, 9.17) is 4.42 Å². The van der Waals surface area contributed by atoms with Gasteiger partial charge in [0.1, 0.15) is 11.5 Å². The Kier molecular flexibility index (Phi) is 3.73. The highest BCUT2D eigenvalue weighted by Crippen LogP contribution is 2.34. The van der Waals surface area contributed by atoms with E-state index >= 15 is 0 Å². The van der Waals surface area contributed by atoms with Crippen LogP contribution in [0.3, 0.4) is 0 Å². The van der Waals surface area contributed by atoms with E-state index in [-0.39, 0.29) is 5.92 Å². The third kappa shape index (κ3) is 2.69. The van der Waals surface area contributed by atoms with E-state index in [1.54, 1.807) is 0 Å². The first-order valence-corrected chi connectivity index (χ1v) is 8.77. The summed E-state index contributed by atoms with van der Waals surface area (Å²) in [6, 6.07) is 4.51. The number of fused-ring (bicyclic) bond motifs is 4. The van der Waals surface area contributed by atoms with Crippen LogP contribution in [0.2, 0.25) is 0 Å². The van der Waals surface area contributed by atoms with Crippen molar-refractivity contribution in [2.75, 3.05) is 19.6 Å². The molecule has 0 radical (unpaired) electrons. The van der Waals surface area contributed by atoms with Gasteiger partial charge in [0.2, 0.25) is 5.91 Å². The van der Waals surface area contributed by atoms with Gasteiger partial charge in [0, 0.05) is 25.7 Å². The number of aryl methyl sites for hydroxylation is 1. The normalized spacial score (nSPS) is 29.7. The molecule has 1 aromatic heterocycles. The fraction of sp³-hybridized carbons (Fsp3) is 0.722. The lowest BCUT2D eigenvalue weighted by atomic mass is 9.83. The van der Waals surface area contributed by atoms with E-state index in [0.29, 0.717) is 11.9 Å². The quantitative estimate of drug-likeness (QED) is 0.858. The first-order chi connectivity index (χ1) is 10.7. The van der Waals surface area contributed by atoms with Crippen molar-refractivity contribution in [1.29, 1.82) is 0 Å². The first-order valence-electron chi connectivity index (χ1n) is 8.77. The zero-order chi connectivity index (χ0) is 15.1. The number of carbonyl (C=O) groups excluding carboxylic acids is 1. The average Bonchev–Trinajstić information content (AvgIpc) is 2.68. The van der Waals surface area contributed by atoms with Crippen molar-refractivity contribution in [2.24, 2.45) is 11.8 Å². The van der Waals surface area contributed by atoms with Gasteiger partial charge in [-0.1, -0.05) is 6.42 Å². The van der Waals surface area contributed by atoms with E-state index < -0.39 is 0 Å². The van der Waals surface area contributed by atoms with Crippen molar-refractivity contribution >= 4 is 5.91 Å². The summed E-state index contributed by atoms with van der Waals surface area (Å²) < 4.78 is 5.72. The Hall–Kier alpha value is -1.29. The summed E-state index contributed by atoms with van der Waals surface area (Å²) in [6.45, 7) is 5.74. The topological polar surface area (TPSA) is 36.7 Å². The van der Waals surface area contributed by atoms with Crippen molar-refractivity contribution in [3.05, 3.63) is 23.7 Å². The van der Waals surface area contributed by atoms with Crippen LogP contribution in [0.1, 0.15) is 43.6 Å². The van der Waals surface area contributed by atoms with Gasteiger partial charge in [-0.2, -0.15) is 0 Å². The molecule has 1 amide bonds. The minimum absolute atomic E-state index is 0.204. The highest BCUT2D eigenvalue weighted by atomic mass is 16.3. The lowest BCUT2D eigenvalue weighted by Crippen LogP contribution is -2.50. The molecule has 4 heteroatoms. The highest BCUT2D eigenvalue weighted by Gasteiger charge is 2.41. The van der Waals surface area contributed by atoms with Crippen LogP contribution in [0.15, 0.2) is 16.5 Å². The fourth-order valence-electron chi connectivity index (χ4n) is 4.24. The number of carbonyl (C=O) groups is 1. The van der Waals surface area contributed by atoms with Crippen molar-refractivity contribution in [2.45, 2.75) is 51.6 Å². The molecule has 1 aromatic rings. The van der Waals surface area contributed by atoms with Crippen LogP contribution < -0.4 is 0 Å². The molecule has 3 aliphatic heterocycles. The molecule has 0 N–H and O–H groups in total. The Morgan fingerprint density at radius 3 is 2.73 bits per heavy atom. The molecule has 2 atom stereocenters. The van der Waals surface area contributed by atoms with E-state index in [0.717, 1.165) is 50.0 Å². The predicted octanol–water partition coefficient (Wildman–Crippen LogP) is 2.81. The monoisotopic (exact) mass is 302 g/mol. The van der Waals surface area contributed by atoms with E-state index in [1.807, 2.05) is 13.0 Å². The molecule has 3 saturated heterocycles. The van der Waals surface area contributed by atoms with Gasteiger partial charge in [-0.05, 0) is 50.7 Å². The molecule has 0 aromatic carbocycles. The molecule has 120 valence electrons. The lowest BCUT2D eigenvalue weighted by molar-refractivity contribution is -0.141. The minimum atomic E-state index is 0.204. The molecule has 4 aliphatic rings. The highest BCUT2D eigenvalue weighted by molar-refractivity contribution is 5.80. The summed E-state index contributed by atoms with van der Waals surface area (Å²) in [5.41, 5.74) is 0. The van der Waals surface area contributed by atoms with Crippen LogP contribution in [0, 0.1) is 18.8 Å². The Bertz CT molecular complexity index is 549. The second kappa shape index (κ2) is 5.73. The molecule has 2 bridgehead atoms. The van der Waals surface area contributed by atoms with E-state index in [9.17, 15) is 4.79 Å². The predicted molar refractivity (Wildman–Crippen MR) is 84.3 cm³/mol. The standard InChI is InChI=1S/C18H26N2O2/c1-13-5-8-17(22-13)12-19-10-15-6-7-16(11-19)20(18(15)21)9-14-3-2-4-14/h5,8,14-16H,2-4,6-7,9-12H2,1H3/t15-,16+/m1/s1.